The summed E-state index contributed by atoms with van der Waals surface area (Å²) in [5.74, 6) is 1.66. The Labute approximate surface area is 154 Å². The molecular formula is C21H28N2OS. The Balaban J connectivity index is 1.51. The minimum absolute atomic E-state index is 0.102. The number of carbonyl (C=O) groups excluding carboxylic acids is 1. The Kier molecular flexibility index (Phi) is 6.24. The number of rotatable bonds is 6. The van der Waals surface area contributed by atoms with Gasteiger partial charge in [-0.2, -0.15) is 0 Å². The highest BCUT2D eigenvalue weighted by Crippen LogP contribution is 2.30. The van der Waals surface area contributed by atoms with E-state index in [1.165, 1.54) is 32.1 Å². The van der Waals surface area contributed by atoms with Gasteiger partial charge in [0.1, 0.15) is 5.01 Å². The molecule has 0 spiro atoms. The van der Waals surface area contributed by atoms with Crippen LogP contribution in [0.15, 0.2) is 30.3 Å². The lowest BCUT2D eigenvalue weighted by Gasteiger charge is -2.27. The molecule has 1 aliphatic carbocycles. The largest absolute Gasteiger partial charge is 0.355 e. The van der Waals surface area contributed by atoms with Crippen LogP contribution < -0.4 is 5.32 Å². The third-order valence-corrected chi connectivity index (χ3v) is 6.44. The predicted octanol–water partition coefficient (Wildman–Crippen LogP) is 4.99. The first-order valence-corrected chi connectivity index (χ1v) is 10.3. The van der Waals surface area contributed by atoms with Gasteiger partial charge in [-0.3, -0.25) is 4.79 Å². The number of benzene rings is 1. The van der Waals surface area contributed by atoms with Gasteiger partial charge in [-0.15, -0.1) is 11.3 Å². The van der Waals surface area contributed by atoms with Crippen LogP contribution in [0.2, 0.25) is 0 Å². The van der Waals surface area contributed by atoms with Gasteiger partial charge in [0.25, 0.3) is 0 Å². The Morgan fingerprint density at radius 3 is 2.52 bits per heavy atom. The van der Waals surface area contributed by atoms with Crippen molar-refractivity contribution in [3.8, 4) is 10.6 Å². The van der Waals surface area contributed by atoms with E-state index in [0.29, 0.717) is 12.3 Å². The Morgan fingerprint density at radius 1 is 1.16 bits per heavy atom. The summed E-state index contributed by atoms with van der Waals surface area (Å²) in [6.45, 7) is 5.16. The zero-order chi connectivity index (χ0) is 17.6. The first kappa shape index (κ1) is 18.1. The molecule has 25 heavy (non-hydrogen) atoms. The van der Waals surface area contributed by atoms with E-state index in [2.05, 4.69) is 31.3 Å². The van der Waals surface area contributed by atoms with Crippen LogP contribution in [0.3, 0.4) is 0 Å². The van der Waals surface area contributed by atoms with Crippen LogP contribution in [0.5, 0.6) is 0 Å². The Bertz CT molecular complexity index is 687. The van der Waals surface area contributed by atoms with Crippen LogP contribution in [0, 0.1) is 18.8 Å². The number of aryl methyl sites for hydroxylation is 1. The molecule has 1 heterocycles. The number of nitrogens with zero attached hydrogens (tertiary/aromatic N) is 1. The topological polar surface area (TPSA) is 42.0 Å². The standard InChI is InChI=1S/C21H28N2OS/c1-3-16-9-11-17(12-10-16)14-22-20(24)13-19-15(2)25-21(23-19)18-7-5-4-6-8-18/h4-8,16-17H,3,9-14H2,1-2H3,(H,22,24). The number of carbonyl (C=O) groups is 1. The molecule has 0 atom stereocenters. The molecule has 1 aromatic carbocycles. The van der Waals surface area contributed by atoms with Gasteiger partial charge in [-0.1, -0.05) is 56.5 Å². The number of thiazole rings is 1. The lowest BCUT2D eigenvalue weighted by Crippen LogP contribution is -2.32. The zero-order valence-corrected chi connectivity index (χ0v) is 16.1. The van der Waals surface area contributed by atoms with E-state index < -0.39 is 0 Å². The zero-order valence-electron chi connectivity index (χ0n) is 15.3. The molecule has 1 aromatic heterocycles. The summed E-state index contributed by atoms with van der Waals surface area (Å²) in [7, 11) is 0. The molecule has 1 aliphatic rings. The minimum Gasteiger partial charge on any atom is -0.355 e. The second-order valence-electron chi connectivity index (χ2n) is 7.16. The smallest absolute Gasteiger partial charge is 0.226 e. The Hall–Kier alpha value is -1.68. The summed E-state index contributed by atoms with van der Waals surface area (Å²) in [6, 6.07) is 10.2. The molecule has 0 aliphatic heterocycles. The van der Waals surface area contributed by atoms with Crippen LogP contribution >= 0.6 is 11.3 Å². The summed E-state index contributed by atoms with van der Waals surface area (Å²) in [6.07, 6.45) is 6.84. The highest BCUT2D eigenvalue weighted by atomic mass is 32.1. The van der Waals surface area contributed by atoms with Crippen LogP contribution in [0.1, 0.15) is 49.6 Å². The molecule has 1 fully saturated rings. The van der Waals surface area contributed by atoms with E-state index in [-0.39, 0.29) is 5.91 Å². The molecular weight excluding hydrogens is 328 g/mol. The van der Waals surface area contributed by atoms with Gasteiger partial charge in [0, 0.05) is 17.0 Å². The molecule has 0 bridgehead atoms. The molecule has 3 nitrogen and oxygen atoms in total. The predicted molar refractivity (Wildman–Crippen MR) is 105 cm³/mol. The summed E-state index contributed by atoms with van der Waals surface area (Å²) < 4.78 is 0. The average molecular weight is 357 g/mol. The summed E-state index contributed by atoms with van der Waals surface area (Å²) in [5, 5.41) is 4.13. The van der Waals surface area contributed by atoms with E-state index in [0.717, 1.165) is 33.6 Å². The van der Waals surface area contributed by atoms with E-state index >= 15 is 0 Å². The van der Waals surface area contributed by atoms with Crippen LogP contribution in [-0.4, -0.2) is 17.4 Å². The van der Waals surface area contributed by atoms with Crippen molar-refractivity contribution < 1.29 is 4.79 Å². The van der Waals surface area contributed by atoms with Gasteiger partial charge in [0.2, 0.25) is 5.91 Å². The van der Waals surface area contributed by atoms with Gasteiger partial charge >= 0.3 is 0 Å². The Morgan fingerprint density at radius 2 is 1.84 bits per heavy atom. The molecule has 1 N–H and O–H groups in total. The van der Waals surface area contributed by atoms with Crippen LogP contribution in [-0.2, 0) is 11.2 Å². The van der Waals surface area contributed by atoms with E-state index in [4.69, 9.17) is 4.98 Å². The summed E-state index contributed by atoms with van der Waals surface area (Å²) in [4.78, 5) is 18.2. The second kappa shape index (κ2) is 8.61. The fraction of sp³-hybridized carbons (Fsp3) is 0.524. The minimum atomic E-state index is 0.102. The number of nitrogens with one attached hydrogen (secondary N) is 1. The average Bonchev–Trinajstić information content (AvgIpc) is 3.01. The lowest BCUT2D eigenvalue weighted by atomic mass is 9.81. The van der Waals surface area contributed by atoms with Gasteiger partial charge in [0.15, 0.2) is 0 Å². The maximum absolute atomic E-state index is 12.3. The fourth-order valence-electron chi connectivity index (χ4n) is 3.61. The first-order valence-electron chi connectivity index (χ1n) is 9.44. The van der Waals surface area contributed by atoms with E-state index in [1.807, 2.05) is 18.2 Å². The third-order valence-electron chi connectivity index (χ3n) is 5.37. The van der Waals surface area contributed by atoms with E-state index in [9.17, 15) is 4.79 Å². The van der Waals surface area contributed by atoms with Crippen molar-refractivity contribution in [1.29, 1.82) is 0 Å². The van der Waals surface area contributed by atoms with Gasteiger partial charge in [0.05, 0.1) is 12.1 Å². The van der Waals surface area contributed by atoms with Crippen LogP contribution in [0.25, 0.3) is 10.6 Å². The highest BCUT2D eigenvalue weighted by Gasteiger charge is 2.20. The molecule has 2 aromatic rings. The summed E-state index contributed by atoms with van der Waals surface area (Å²) in [5.41, 5.74) is 2.03. The van der Waals surface area contributed by atoms with Crippen molar-refractivity contribution in [2.45, 2.75) is 52.4 Å². The van der Waals surface area contributed by atoms with Crippen molar-refractivity contribution in [3.05, 3.63) is 40.9 Å². The normalized spacial score (nSPS) is 20.4. The quantitative estimate of drug-likeness (QED) is 0.792. The number of hydrogen-bond acceptors (Lipinski definition) is 3. The van der Waals surface area contributed by atoms with E-state index in [1.54, 1.807) is 11.3 Å². The number of aromatic nitrogens is 1. The van der Waals surface area contributed by atoms with Gasteiger partial charge in [-0.25, -0.2) is 4.98 Å². The van der Waals surface area contributed by atoms with Crippen molar-refractivity contribution in [3.63, 3.8) is 0 Å². The lowest BCUT2D eigenvalue weighted by molar-refractivity contribution is -0.120. The van der Waals surface area contributed by atoms with Crippen molar-refractivity contribution >= 4 is 17.2 Å². The molecule has 3 rings (SSSR count). The van der Waals surface area contributed by atoms with Crippen molar-refractivity contribution in [2.75, 3.05) is 6.54 Å². The molecule has 0 saturated heterocycles. The third kappa shape index (κ3) is 4.91. The van der Waals surface area contributed by atoms with Gasteiger partial charge in [-0.05, 0) is 31.6 Å². The monoisotopic (exact) mass is 356 g/mol. The molecule has 1 amide bonds. The summed E-state index contributed by atoms with van der Waals surface area (Å²) >= 11 is 1.67. The molecule has 0 radical (unpaired) electrons. The maximum Gasteiger partial charge on any atom is 0.226 e. The number of hydrogen-bond donors (Lipinski definition) is 1. The molecule has 4 heteroatoms. The second-order valence-corrected chi connectivity index (χ2v) is 8.37. The molecule has 0 unspecified atom stereocenters. The van der Waals surface area contributed by atoms with Crippen LogP contribution in [0.4, 0.5) is 0 Å². The molecule has 134 valence electrons. The van der Waals surface area contributed by atoms with Crippen molar-refractivity contribution in [1.82, 2.24) is 10.3 Å². The fourth-order valence-corrected chi connectivity index (χ4v) is 4.55. The first-order chi connectivity index (χ1) is 12.2. The SMILES string of the molecule is CCC1CCC(CNC(=O)Cc2nc(-c3ccccc3)sc2C)CC1. The highest BCUT2D eigenvalue weighted by molar-refractivity contribution is 7.15. The van der Waals surface area contributed by atoms with Gasteiger partial charge < -0.3 is 5.32 Å². The molecule has 1 saturated carbocycles. The maximum atomic E-state index is 12.3. The van der Waals surface area contributed by atoms with Crippen molar-refractivity contribution in [2.24, 2.45) is 11.8 Å². The number of amides is 1.